The lowest BCUT2D eigenvalue weighted by Crippen LogP contribution is -2.35. The van der Waals surface area contributed by atoms with Crippen LogP contribution >= 0.6 is 22.6 Å². The topological polar surface area (TPSA) is 68.7 Å². The molecule has 0 radical (unpaired) electrons. The molecule has 1 saturated carbocycles. The van der Waals surface area contributed by atoms with Crippen LogP contribution in [0.5, 0.6) is 0 Å². The van der Waals surface area contributed by atoms with Crippen molar-refractivity contribution in [1.29, 1.82) is 5.26 Å². The molecule has 1 aromatic heterocycles. The van der Waals surface area contributed by atoms with E-state index in [0.29, 0.717) is 5.69 Å². The van der Waals surface area contributed by atoms with Gasteiger partial charge in [0.05, 0.1) is 6.07 Å². The van der Waals surface area contributed by atoms with Gasteiger partial charge in [0.1, 0.15) is 11.2 Å². The molecular formula is C9H8IN3O. The molecule has 4 nitrogen and oxygen atoms in total. The lowest BCUT2D eigenvalue weighted by molar-refractivity contribution is 0.0937. The average molecular weight is 301 g/mol. The van der Waals surface area contributed by atoms with Crippen molar-refractivity contribution in [2.24, 2.45) is 0 Å². The number of nitriles is 1. The van der Waals surface area contributed by atoms with Gasteiger partial charge in [-0.25, -0.2) is 0 Å². The maximum Gasteiger partial charge on any atom is 0.268 e. The van der Waals surface area contributed by atoms with Gasteiger partial charge in [0.15, 0.2) is 0 Å². The van der Waals surface area contributed by atoms with Crippen LogP contribution in [0.4, 0.5) is 0 Å². The van der Waals surface area contributed by atoms with Crippen molar-refractivity contribution >= 4 is 28.5 Å². The minimum Gasteiger partial charge on any atom is -0.356 e. The SMILES string of the molecule is N#CC1(NC(=O)c2cc(I)c[nH]2)CC1. The summed E-state index contributed by atoms with van der Waals surface area (Å²) in [6.07, 6.45) is 3.27. The van der Waals surface area contributed by atoms with Gasteiger partial charge < -0.3 is 10.3 Å². The first-order valence-electron chi connectivity index (χ1n) is 4.23. The molecule has 14 heavy (non-hydrogen) atoms. The van der Waals surface area contributed by atoms with E-state index >= 15 is 0 Å². The van der Waals surface area contributed by atoms with Crippen LogP contribution in [0.25, 0.3) is 0 Å². The van der Waals surface area contributed by atoms with Gasteiger partial charge in [-0.1, -0.05) is 0 Å². The summed E-state index contributed by atoms with van der Waals surface area (Å²) < 4.78 is 0.981. The molecule has 1 amide bonds. The quantitative estimate of drug-likeness (QED) is 0.811. The van der Waals surface area contributed by atoms with Crippen molar-refractivity contribution in [2.75, 3.05) is 0 Å². The molecule has 2 rings (SSSR count). The average Bonchev–Trinajstić information content (AvgIpc) is 2.80. The van der Waals surface area contributed by atoms with Gasteiger partial charge in [-0.05, 0) is 41.5 Å². The van der Waals surface area contributed by atoms with Crippen LogP contribution in [0.1, 0.15) is 23.3 Å². The van der Waals surface area contributed by atoms with E-state index in [-0.39, 0.29) is 5.91 Å². The number of nitrogens with one attached hydrogen (secondary N) is 2. The summed E-state index contributed by atoms with van der Waals surface area (Å²) in [6.45, 7) is 0. The van der Waals surface area contributed by atoms with E-state index in [1.807, 2.05) is 0 Å². The van der Waals surface area contributed by atoms with Gasteiger partial charge in [-0.2, -0.15) is 5.26 Å². The van der Waals surface area contributed by atoms with Crippen molar-refractivity contribution in [1.82, 2.24) is 10.3 Å². The van der Waals surface area contributed by atoms with Crippen LogP contribution in [-0.2, 0) is 0 Å². The molecule has 0 saturated heterocycles. The minimum atomic E-state index is -0.590. The van der Waals surface area contributed by atoms with E-state index in [4.69, 9.17) is 5.26 Å². The highest BCUT2D eigenvalue weighted by Gasteiger charge is 2.44. The van der Waals surface area contributed by atoms with Crippen LogP contribution in [0.15, 0.2) is 12.3 Å². The zero-order valence-electron chi connectivity index (χ0n) is 7.30. The summed E-state index contributed by atoms with van der Waals surface area (Å²) in [5, 5.41) is 11.5. The van der Waals surface area contributed by atoms with Crippen LogP contribution in [0, 0.1) is 14.9 Å². The highest BCUT2D eigenvalue weighted by molar-refractivity contribution is 14.1. The van der Waals surface area contributed by atoms with Gasteiger partial charge in [0, 0.05) is 9.77 Å². The van der Waals surface area contributed by atoms with Crippen molar-refractivity contribution in [3.05, 3.63) is 21.5 Å². The Morgan fingerprint density at radius 1 is 1.71 bits per heavy atom. The summed E-state index contributed by atoms with van der Waals surface area (Å²) >= 11 is 2.12. The van der Waals surface area contributed by atoms with E-state index in [1.165, 1.54) is 0 Å². The van der Waals surface area contributed by atoms with Crippen LogP contribution < -0.4 is 5.32 Å². The molecule has 0 unspecified atom stereocenters. The number of rotatable bonds is 2. The fraction of sp³-hybridized carbons (Fsp3) is 0.333. The van der Waals surface area contributed by atoms with Gasteiger partial charge in [0.25, 0.3) is 5.91 Å². The summed E-state index contributed by atoms with van der Waals surface area (Å²) in [4.78, 5) is 14.4. The van der Waals surface area contributed by atoms with Gasteiger partial charge in [-0.3, -0.25) is 4.79 Å². The zero-order chi connectivity index (χ0) is 10.2. The number of carbonyl (C=O) groups is 1. The largest absolute Gasteiger partial charge is 0.356 e. The van der Waals surface area contributed by atoms with Gasteiger partial charge >= 0.3 is 0 Å². The molecule has 72 valence electrons. The molecule has 5 heteroatoms. The van der Waals surface area contributed by atoms with E-state index in [1.54, 1.807) is 12.3 Å². The number of amides is 1. The standard InChI is InChI=1S/C9H8IN3O/c10-6-3-7(12-4-6)8(14)13-9(5-11)1-2-9/h3-4,12H,1-2H2,(H,13,14). The number of carbonyl (C=O) groups excluding carboxylic acids is 1. The molecule has 1 aromatic rings. The van der Waals surface area contributed by atoms with Crippen LogP contribution in [0.2, 0.25) is 0 Å². The number of halogens is 1. The monoisotopic (exact) mass is 301 g/mol. The Balaban J connectivity index is 2.07. The van der Waals surface area contributed by atoms with E-state index in [0.717, 1.165) is 16.4 Å². The number of hydrogen-bond acceptors (Lipinski definition) is 2. The summed E-state index contributed by atoms with van der Waals surface area (Å²) in [5.74, 6) is -0.202. The maximum atomic E-state index is 11.6. The van der Waals surface area contributed by atoms with E-state index < -0.39 is 5.54 Å². The van der Waals surface area contributed by atoms with Crippen molar-refractivity contribution in [3.8, 4) is 6.07 Å². The molecule has 0 spiro atoms. The fourth-order valence-corrected chi connectivity index (χ4v) is 1.64. The Labute approximate surface area is 94.8 Å². The van der Waals surface area contributed by atoms with Gasteiger partial charge in [0.2, 0.25) is 0 Å². The Hall–Kier alpha value is -1.03. The van der Waals surface area contributed by atoms with Gasteiger partial charge in [-0.15, -0.1) is 0 Å². The smallest absolute Gasteiger partial charge is 0.268 e. The Morgan fingerprint density at radius 3 is 2.86 bits per heavy atom. The summed E-state index contributed by atoms with van der Waals surface area (Å²) in [6, 6.07) is 3.87. The number of aromatic nitrogens is 1. The molecular weight excluding hydrogens is 293 g/mol. The number of aromatic amines is 1. The molecule has 1 aliphatic rings. The second-order valence-corrected chi connectivity index (χ2v) is 4.63. The zero-order valence-corrected chi connectivity index (χ0v) is 9.46. The first-order valence-corrected chi connectivity index (χ1v) is 5.31. The number of hydrogen-bond donors (Lipinski definition) is 2. The third-order valence-corrected chi connectivity index (χ3v) is 2.83. The fourth-order valence-electron chi connectivity index (χ4n) is 1.17. The van der Waals surface area contributed by atoms with Crippen LogP contribution in [0.3, 0.4) is 0 Å². The van der Waals surface area contributed by atoms with Crippen molar-refractivity contribution in [3.63, 3.8) is 0 Å². The van der Waals surface area contributed by atoms with Crippen LogP contribution in [-0.4, -0.2) is 16.4 Å². The van der Waals surface area contributed by atoms with Crippen molar-refractivity contribution < 1.29 is 4.79 Å². The predicted octanol–water partition coefficient (Wildman–Crippen LogP) is 1.41. The Bertz CT molecular complexity index is 414. The molecule has 1 heterocycles. The van der Waals surface area contributed by atoms with Crippen molar-refractivity contribution in [2.45, 2.75) is 18.4 Å². The third-order valence-electron chi connectivity index (χ3n) is 2.21. The lowest BCUT2D eigenvalue weighted by Gasteiger charge is -2.06. The first kappa shape index (κ1) is 9.52. The Morgan fingerprint density at radius 2 is 2.43 bits per heavy atom. The second kappa shape index (κ2) is 3.28. The molecule has 0 atom stereocenters. The molecule has 0 aromatic carbocycles. The molecule has 0 bridgehead atoms. The molecule has 1 aliphatic carbocycles. The summed E-state index contributed by atoms with van der Waals surface area (Å²) in [7, 11) is 0. The number of H-pyrrole nitrogens is 1. The lowest BCUT2D eigenvalue weighted by atomic mass is 10.3. The van der Waals surface area contributed by atoms with E-state index in [9.17, 15) is 4.79 Å². The Kier molecular flexibility index (Phi) is 2.23. The maximum absolute atomic E-state index is 11.6. The predicted molar refractivity (Wildman–Crippen MR) is 58.6 cm³/mol. The summed E-state index contributed by atoms with van der Waals surface area (Å²) in [5.41, 5.74) is -0.0795. The molecule has 2 N–H and O–H groups in total. The normalized spacial score (nSPS) is 17.1. The minimum absolute atomic E-state index is 0.202. The highest BCUT2D eigenvalue weighted by atomic mass is 127. The molecule has 1 fully saturated rings. The number of nitrogens with zero attached hydrogens (tertiary/aromatic N) is 1. The van der Waals surface area contributed by atoms with E-state index in [2.05, 4.69) is 39.0 Å². The molecule has 0 aliphatic heterocycles. The highest BCUT2D eigenvalue weighted by Crippen LogP contribution is 2.34. The second-order valence-electron chi connectivity index (χ2n) is 3.38. The first-order chi connectivity index (χ1) is 6.65. The third kappa shape index (κ3) is 1.75.